The first-order valence-electron chi connectivity index (χ1n) is 22.7. The first-order valence-corrected chi connectivity index (χ1v) is 24.5. The van der Waals surface area contributed by atoms with E-state index in [9.17, 15) is 9.59 Å². The highest BCUT2D eigenvalue weighted by atomic mass is 32.3. The van der Waals surface area contributed by atoms with E-state index in [2.05, 4.69) is 88.4 Å². The Morgan fingerprint density at radius 1 is 1.16 bits per heavy atom. The Morgan fingerprint density at radius 2 is 1.94 bits per heavy atom. The Hall–Kier alpha value is -4.11. The number of rotatable bonds is 14. The number of nitrogens with one attached hydrogen (secondary N) is 1. The summed E-state index contributed by atoms with van der Waals surface area (Å²) in [5, 5.41) is 6.29. The third kappa shape index (κ3) is 7.35. The standard InChI is InChI=1S/C48H62N8O6S/c1-7-55-40-11-10-34(39-23-63(54-24-48(25-54)27-61-28-48)44(45(63)52-39)41(49)46(58)56-35-16-33(17-35)22-51-56)19-36(40)38(20-47(4,5)26-62-29-57)43(55)37-18-32(21-50-42(37)31(3)59-6)9-8-30(2)53-12-14-60-15-13-53/h10-11,18-19,21,23,29-31,33,35,41,44,51H,7,12-17,20,22,24-28,49H2,1-6H3. The number of nitrogens with two attached hydrogens (primary N) is 1. The van der Waals surface area contributed by atoms with Crippen LogP contribution < -0.4 is 11.2 Å². The average molecular weight is 879 g/mol. The van der Waals surface area contributed by atoms with Crippen molar-refractivity contribution in [2.45, 2.75) is 89.9 Å². The van der Waals surface area contributed by atoms with Crippen molar-refractivity contribution >= 4 is 44.2 Å². The van der Waals surface area contributed by atoms with Crippen molar-refractivity contribution in [3.8, 4) is 23.1 Å². The topological polar surface area (TPSA) is 149 Å². The van der Waals surface area contributed by atoms with E-state index < -0.39 is 21.7 Å². The van der Waals surface area contributed by atoms with Crippen LogP contribution in [0.3, 0.4) is 0 Å². The Morgan fingerprint density at radius 3 is 2.60 bits per heavy atom. The number of carbonyl (C=O) groups excluding carboxylic acids is 2. The van der Waals surface area contributed by atoms with Gasteiger partial charge in [0.1, 0.15) is 6.04 Å². The lowest BCUT2D eigenvalue weighted by Crippen LogP contribution is -2.66. The Kier molecular flexibility index (Phi) is 11.1. The number of methoxy groups -OCH3 is 1. The predicted molar refractivity (Wildman–Crippen MR) is 245 cm³/mol. The van der Waals surface area contributed by atoms with E-state index in [1.54, 1.807) is 7.11 Å². The molecular formula is C48H62N8O6S. The highest BCUT2D eigenvalue weighted by Crippen LogP contribution is 2.80. The van der Waals surface area contributed by atoms with Crippen molar-refractivity contribution in [3.63, 3.8) is 0 Å². The zero-order valence-electron chi connectivity index (χ0n) is 37.5. The first kappa shape index (κ1) is 42.8. The minimum Gasteiger partial charge on any atom is -0.467 e. The summed E-state index contributed by atoms with van der Waals surface area (Å²) in [5.74, 6) is 7.60. The Labute approximate surface area is 372 Å². The molecule has 8 aliphatic rings. The lowest BCUT2D eigenvalue weighted by Gasteiger charge is -2.58. The van der Waals surface area contributed by atoms with Crippen LogP contribution in [0.4, 0.5) is 0 Å². The highest BCUT2D eigenvalue weighted by Gasteiger charge is 2.70. The fraction of sp³-hybridized carbons (Fsp3) is 0.583. The van der Waals surface area contributed by atoms with Crippen LogP contribution in [0, 0.1) is 28.6 Å². The molecule has 7 aliphatic heterocycles. The molecule has 14 nitrogen and oxygen atoms in total. The molecule has 5 unspecified atom stereocenters. The van der Waals surface area contributed by atoms with E-state index in [1.165, 1.54) is 0 Å². The number of nitrogens with zero attached hydrogens (tertiary/aromatic N) is 6. The van der Waals surface area contributed by atoms with Gasteiger partial charge in [-0.3, -0.25) is 28.8 Å². The first-order chi connectivity index (χ1) is 30.4. The van der Waals surface area contributed by atoms with E-state index in [0.29, 0.717) is 25.4 Å². The number of hydrogen-bond donors (Lipinski definition) is 2. The van der Waals surface area contributed by atoms with Crippen LogP contribution in [0.25, 0.3) is 27.9 Å². The summed E-state index contributed by atoms with van der Waals surface area (Å²) >= 11 is 0. The van der Waals surface area contributed by atoms with Crippen LogP contribution in [0.15, 0.2) is 40.9 Å². The number of hydrogen-bond acceptors (Lipinski definition) is 12. The Bertz CT molecular complexity index is 2430. The molecule has 6 saturated heterocycles. The van der Waals surface area contributed by atoms with Gasteiger partial charge in [0.25, 0.3) is 12.4 Å². The summed E-state index contributed by atoms with van der Waals surface area (Å²) in [7, 11) is 0.0343. The van der Waals surface area contributed by atoms with E-state index in [-0.39, 0.29) is 41.4 Å². The van der Waals surface area contributed by atoms with Gasteiger partial charge in [0.05, 0.1) is 72.6 Å². The molecule has 1 aromatic carbocycles. The summed E-state index contributed by atoms with van der Waals surface area (Å²) in [5.41, 5.74) is 18.0. The number of pyridine rings is 1. The molecule has 0 radical (unpaired) electrons. The van der Waals surface area contributed by atoms with Crippen molar-refractivity contribution in [2.24, 2.45) is 27.5 Å². The van der Waals surface area contributed by atoms with Crippen molar-refractivity contribution in [3.05, 3.63) is 58.3 Å². The lowest BCUT2D eigenvalue weighted by atomic mass is 9.78. The molecule has 9 heterocycles. The van der Waals surface area contributed by atoms with Crippen molar-refractivity contribution in [2.75, 3.05) is 72.9 Å². The van der Waals surface area contributed by atoms with E-state index in [1.807, 2.05) is 18.1 Å². The largest absolute Gasteiger partial charge is 0.467 e. The molecule has 336 valence electrons. The van der Waals surface area contributed by atoms with Crippen LogP contribution in [-0.4, -0.2) is 137 Å². The monoisotopic (exact) mass is 878 g/mol. The number of morpholine rings is 1. The zero-order chi connectivity index (χ0) is 43.8. The van der Waals surface area contributed by atoms with Crippen molar-refractivity contribution in [1.82, 2.24) is 29.2 Å². The molecular weight excluding hydrogens is 817 g/mol. The van der Waals surface area contributed by atoms with Crippen LogP contribution in [-0.2, 0) is 41.5 Å². The van der Waals surface area contributed by atoms with Gasteiger partial charge in [0, 0.05) is 97.0 Å². The molecule has 3 aromatic rings. The summed E-state index contributed by atoms with van der Waals surface area (Å²) in [6.45, 7) is 19.6. The van der Waals surface area contributed by atoms with Gasteiger partial charge in [-0.05, 0) is 75.1 Å². The number of carbonyl (C=O) groups is 2. The molecule has 3 N–H and O–H groups in total. The number of aryl methyl sites for hydroxylation is 1. The highest BCUT2D eigenvalue weighted by molar-refractivity contribution is 8.56. The van der Waals surface area contributed by atoms with Crippen LogP contribution in [0.1, 0.15) is 75.9 Å². The fourth-order valence-corrected chi connectivity index (χ4v) is 15.2. The maximum atomic E-state index is 14.0. The third-order valence-corrected chi connectivity index (χ3v) is 18.3. The predicted octanol–water partition coefficient (Wildman–Crippen LogP) is 4.84. The van der Waals surface area contributed by atoms with Crippen molar-refractivity contribution in [1.29, 1.82) is 0 Å². The molecule has 1 spiro atoms. The third-order valence-electron chi connectivity index (χ3n) is 14.6. The van der Waals surface area contributed by atoms with Crippen LogP contribution in [0.2, 0.25) is 0 Å². The fourth-order valence-electron chi connectivity index (χ4n) is 10.8. The van der Waals surface area contributed by atoms with Gasteiger partial charge in [-0.25, -0.2) is 10.4 Å². The van der Waals surface area contributed by atoms with Gasteiger partial charge in [-0.1, -0.05) is 31.8 Å². The van der Waals surface area contributed by atoms with Crippen LogP contribution in [0.5, 0.6) is 0 Å². The molecule has 63 heavy (non-hydrogen) atoms. The minimum absolute atomic E-state index is 0.0109. The normalized spacial score (nSPS) is 28.5. The maximum absolute atomic E-state index is 14.0. The Balaban J connectivity index is 1.05. The SMILES string of the molecule is CCn1c(-c2cc(C#CC(C)N3CCOCC3)cnc2C(C)OC)c(CC(C)(C)COC=O)c2cc(C3=CS4(N5CC6(COC6)C5)C(=N3)C4C(N)C(=O)N3NCC4CC3C4)ccc21. The van der Waals surface area contributed by atoms with E-state index >= 15 is 0 Å². The second-order valence-corrected chi connectivity index (χ2v) is 22.6. The summed E-state index contributed by atoms with van der Waals surface area (Å²) in [6.07, 6.45) is 4.31. The van der Waals surface area contributed by atoms with Gasteiger partial charge < -0.3 is 29.2 Å². The van der Waals surface area contributed by atoms with Gasteiger partial charge in [0.2, 0.25) is 0 Å². The molecule has 1 amide bonds. The number of amides is 1. The summed E-state index contributed by atoms with van der Waals surface area (Å²) < 4.78 is 27.6. The lowest BCUT2D eigenvalue weighted by molar-refractivity contribution is -0.165. The van der Waals surface area contributed by atoms with Gasteiger partial charge >= 0.3 is 0 Å². The molecule has 2 bridgehead atoms. The minimum atomic E-state index is -1.68. The molecule has 1 aliphatic carbocycles. The molecule has 7 fully saturated rings. The number of fused-ring (bicyclic) bond motifs is 4. The molecule has 5 atom stereocenters. The number of hydrazine groups is 1. The molecule has 15 heteroatoms. The molecule has 11 rings (SSSR count). The molecule has 1 saturated carbocycles. The summed E-state index contributed by atoms with van der Waals surface area (Å²) in [6, 6.07) is 8.51. The number of ether oxygens (including phenoxy) is 4. The van der Waals surface area contributed by atoms with E-state index in [4.69, 9.17) is 34.7 Å². The second kappa shape index (κ2) is 16.4. The average Bonchev–Trinajstić information content (AvgIpc) is 3.52. The smallest absolute Gasteiger partial charge is 0.293 e. The summed E-state index contributed by atoms with van der Waals surface area (Å²) in [4.78, 5) is 38.3. The number of aliphatic imine (C=N–C) groups is 1. The zero-order valence-corrected chi connectivity index (χ0v) is 38.3. The van der Waals surface area contributed by atoms with E-state index in [0.717, 1.165) is 127 Å². The quantitative estimate of drug-likeness (QED) is 0.130. The van der Waals surface area contributed by atoms with Crippen molar-refractivity contribution < 1.29 is 28.5 Å². The van der Waals surface area contributed by atoms with Gasteiger partial charge in [-0.15, -0.1) is 10.2 Å². The van der Waals surface area contributed by atoms with Gasteiger partial charge in [0.15, 0.2) is 0 Å². The molecule has 2 aromatic heterocycles. The second-order valence-electron chi connectivity index (χ2n) is 19.6. The number of benzene rings is 1. The van der Waals surface area contributed by atoms with Gasteiger partial charge in [-0.2, -0.15) is 0 Å². The maximum Gasteiger partial charge on any atom is 0.293 e. The van der Waals surface area contributed by atoms with Crippen LogP contribution >= 0.6 is 10.2 Å². The number of aromatic nitrogens is 2.